The van der Waals surface area contributed by atoms with E-state index in [1.807, 2.05) is 25.1 Å². The summed E-state index contributed by atoms with van der Waals surface area (Å²) in [6, 6.07) is 8.99. The Morgan fingerprint density at radius 2 is 1.52 bits per heavy atom. The molecule has 1 saturated carbocycles. The van der Waals surface area contributed by atoms with E-state index in [9.17, 15) is 14.4 Å². The molecule has 4 nitrogen and oxygen atoms in total. The van der Waals surface area contributed by atoms with E-state index < -0.39 is 16.7 Å². The Labute approximate surface area is 180 Å². The molecule has 0 N–H and O–H groups in total. The largest absolute Gasteiger partial charge is 0.298 e. The molecule has 1 aromatic carbocycles. The number of nitrogens with zero attached hydrogens (tertiary/aromatic N) is 1. The highest BCUT2D eigenvalue weighted by molar-refractivity contribution is 6.34. The van der Waals surface area contributed by atoms with Crippen LogP contribution in [-0.2, 0) is 20.8 Å². The molecular formula is C23H23Cl2NO3. The van der Waals surface area contributed by atoms with Crippen LogP contribution in [0.3, 0.4) is 0 Å². The molecule has 0 aliphatic heterocycles. The van der Waals surface area contributed by atoms with E-state index in [1.165, 1.54) is 0 Å². The number of carbonyl (C=O) groups is 3. The molecule has 0 saturated heterocycles. The Morgan fingerprint density at radius 3 is 2.03 bits per heavy atom. The Kier molecular flexibility index (Phi) is 5.48. The minimum absolute atomic E-state index is 0.241. The molecule has 152 valence electrons. The number of rotatable bonds is 3. The lowest BCUT2D eigenvalue weighted by Crippen LogP contribution is -2.56. The minimum Gasteiger partial charge on any atom is -0.298 e. The fourth-order valence-electron chi connectivity index (χ4n) is 4.11. The van der Waals surface area contributed by atoms with Crippen LogP contribution in [0.5, 0.6) is 0 Å². The van der Waals surface area contributed by atoms with E-state index in [-0.39, 0.29) is 27.7 Å². The molecule has 1 aromatic heterocycles. The molecule has 1 heterocycles. The van der Waals surface area contributed by atoms with Gasteiger partial charge < -0.3 is 0 Å². The maximum atomic E-state index is 13.3. The first-order valence-corrected chi connectivity index (χ1v) is 10.3. The molecule has 2 aromatic rings. The SMILES string of the molecule is CCc1ccc(-c2ccc(Cl)nc2Cl)cc1C1C(=O)C(C)(C)C(=O)C(C)(C)C1=O. The van der Waals surface area contributed by atoms with Crippen molar-refractivity contribution in [1.29, 1.82) is 0 Å². The van der Waals surface area contributed by atoms with Gasteiger partial charge in [-0.3, -0.25) is 14.4 Å². The van der Waals surface area contributed by atoms with Crippen LogP contribution in [0.15, 0.2) is 30.3 Å². The maximum Gasteiger partial charge on any atom is 0.160 e. The van der Waals surface area contributed by atoms with Crippen molar-refractivity contribution >= 4 is 40.6 Å². The first-order chi connectivity index (χ1) is 13.4. The third kappa shape index (κ3) is 3.43. The molecule has 0 radical (unpaired) electrons. The zero-order valence-corrected chi connectivity index (χ0v) is 18.6. The average molecular weight is 432 g/mol. The second-order valence-corrected chi connectivity index (χ2v) is 9.23. The zero-order valence-electron chi connectivity index (χ0n) is 17.1. The number of hydrogen-bond donors (Lipinski definition) is 0. The van der Waals surface area contributed by atoms with Gasteiger partial charge in [0.15, 0.2) is 17.3 Å². The molecule has 6 heteroatoms. The first kappa shape index (κ1) is 21.7. The van der Waals surface area contributed by atoms with Gasteiger partial charge in [-0.2, -0.15) is 0 Å². The van der Waals surface area contributed by atoms with Gasteiger partial charge in [-0.25, -0.2) is 4.98 Å². The van der Waals surface area contributed by atoms with Gasteiger partial charge in [-0.15, -0.1) is 0 Å². The number of halogens is 2. The summed E-state index contributed by atoms with van der Waals surface area (Å²) in [7, 11) is 0. The molecule has 0 atom stereocenters. The second-order valence-electron chi connectivity index (χ2n) is 8.48. The molecule has 1 fully saturated rings. The van der Waals surface area contributed by atoms with Gasteiger partial charge in [0, 0.05) is 5.56 Å². The molecular weight excluding hydrogens is 409 g/mol. The quantitative estimate of drug-likeness (QED) is 0.476. The second kappa shape index (κ2) is 7.33. The minimum atomic E-state index is -1.23. The summed E-state index contributed by atoms with van der Waals surface area (Å²) in [5, 5.41) is 0.522. The fraction of sp³-hybridized carbons (Fsp3) is 0.391. The summed E-state index contributed by atoms with van der Waals surface area (Å²) in [6.45, 7) is 8.39. The van der Waals surface area contributed by atoms with Gasteiger partial charge in [0.2, 0.25) is 0 Å². The number of carbonyl (C=O) groups excluding carboxylic acids is 3. The average Bonchev–Trinajstić information content (AvgIpc) is 2.66. The maximum absolute atomic E-state index is 13.3. The monoisotopic (exact) mass is 431 g/mol. The van der Waals surface area contributed by atoms with Crippen molar-refractivity contribution in [2.45, 2.75) is 47.0 Å². The van der Waals surface area contributed by atoms with Crippen LogP contribution in [0.25, 0.3) is 11.1 Å². The summed E-state index contributed by atoms with van der Waals surface area (Å²) < 4.78 is 0. The van der Waals surface area contributed by atoms with Gasteiger partial charge in [0.05, 0.1) is 10.8 Å². The van der Waals surface area contributed by atoms with Crippen LogP contribution in [0, 0.1) is 10.8 Å². The van der Waals surface area contributed by atoms with Crippen molar-refractivity contribution in [3.05, 3.63) is 51.8 Å². The highest BCUT2D eigenvalue weighted by Gasteiger charge is 2.58. The van der Waals surface area contributed by atoms with E-state index in [4.69, 9.17) is 23.2 Å². The van der Waals surface area contributed by atoms with Crippen LogP contribution in [-0.4, -0.2) is 22.3 Å². The van der Waals surface area contributed by atoms with E-state index in [0.29, 0.717) is 17.5 Å². The van der Waals surface area contributed by atoms with Crippen molar-refractivity contribution in [1.82, 2.24) is 4.98 Å². The Bertz CT molecular complexity index is 1010. The van der Waals surface area contributed by atoms with Crippen molar-refractivity contribution in [3.8, 4) is 11.1 Å². The highest BCUT2D eigenvalue weighted by Crippen LogP contribution is 2.46. The third-order valence-corrected chi connectivity index (χ3v) is 6.35. The summed E-state index contributed by atoms with van der Waals surface area (Å²) in [5.41, 5.74) is 0.439. The van der Waals surface area contributed by atoms with Crippen molar-refractivity contribution in [2.75, 3.05) is 0 Å². The van der Waals surface area contributed by atoms with Crippen molar-refractivity contribution < 1.29 is 14.4 Å². The van der Waals surface area contributed by atoms with Gasteiger partial charge in [-0.05, 0) is 69.0 Å². The number of aromatic nitrogens is 1. The molecule has 0 amide bonds. The summed E-state index contributed by atoms with van der Waals surface area (Å²) >= 11 is 12.2. The lowest BCUT2D eigenvalue weighted by atomic mass is 9.57. The molecule has 0 unspecified atom stereocenters. The van der Waals surface area contributed by atoms with Gasteiger partial charge >= 0.3 is 0 Å². The first-order valence-electron chi connectivity index (χ1n) is 9.51. The Balaban J connectivity index is 2.22. The van der Waals surface area contributed by atoms with Crippen LogP contribution < -0.4 is 0 Å². The third-order valence-electron chi connectivity index (χ3n) is 5.86. The number of Topliss-reactive ketones (excluding diaryl/α,β-unsaturated/α-hetero) is 3. The van der Waals surface area contributed by atoms with Crippen LogP contribution in [0.1, 0.15) is 51.7 Å². The molecule has 1 aliphatic carbocycles. The molecule has 1 aliphatic rings. The van der Waals surface area contributed by atoms with E-state index in [0.717, 1.165) is 11.1 Å². The standard InChI is InChI=1S/C23H23Cl2NO3/c1-6-12-7-8-13(14-9-10-16(24)26-20(14)25)11-15(12)17-18(27)22(2,3)21(29)23(4,5)19(17)28/h7-11,17H,6H2,1-5H3. The van der Waals surface area contributed by atoms with E-state index >= 15 is 0 Å². The predicted molar refractivity (Wildman–Crippen MR) is 114 cm³/mol. The summed E-state index contributed by atoms with van der Waals surface area (Å²) in [5.74, 6) is -2.06. The highest BCUT2D eigenvalue weighted by atomic mass is 35.5. The predicted octanol–water partition coefficient (Wildman–Crippen LogP) is 5.47. The zero-order chi connectivity index (χ0) is 21.7. The Morgan fingerprint density at radius 1 is 0.931 bits per heavy atom. The Hall–Kier alpha value is -2.04. The van der Waals surface area contributed by atoms with Gasteiger partial charge in [0.25, 0.3) is 0 Å². The molecule has 0 bridgehead atoms. The lowest BCUT2D eigenvalue weighted by molar-refractivity contribution is -0.157. The summed E-state index contributed by atoms with van der Waals surface area (Å²) in [4.78, 5) is 43.5. The molecule has 29 heavy (non-hydrogen) atoms. The smallest absolute Gasteiger partial charge is 0.160 e. The normalized spacial score (nSPS) is 18.9. The van der Waals surface area contributed by atoms with Crippen LogP contribution in [0.4, 0.5) is 0 Å². The fourth-order valence-corrected chi connectivity index (χ4v) is 4.56. The van der Waals surface area contributed by atoms with E-state index in [1.54, 1.807) is 39.8 Å². The van der Waals surface area contributed by atoms with Crippen molar-refractivity contribution in [3.63, 3.8) is 0 Å². The van der Waals surface area contributed by atoms with Crippen LogP contribution in [0.2, 0.25) is 10.3 Å². The number of ketones is 3. The number of benzene rings is 1. The van der Waals surface area contributed by atoms with Gasteiger partial charge in [-0.1, -0.05) is 42.3 Å². The lowest BCUT2D eigenvalue weighted by Gasteiger charge is -2.41. The van der Waals surface area contributed by atoms with Crippen molar-refractivity contribution in [2.24, 2.45) is 10.8 Å². The van der Waals surface area contributed by atoms with Crippen LogP contribution >= 0.6 is 23.2 Å². The number of pyridine rings is 1. The molecule has 0 spiro atoms. The summed E-state index contributed by atoms with van der Waals surface area (Å²) in [6.07, 6.45) is 0.647. The number of hydrogen-bond acceptors (Lipinski definition) is 4. The number of aryl methyl sites for hydroxylation is 1. The van der Waals surface area contributed by atoms with E-state index in [2.05, 4.69) is 4.98 Å². The molecule has 3 rings (SSSR count). The van der Waals surface area contributed by atoms with Gasteiger partial charge in [0.1, 0.15) is 16.2 Å². The topological polar surface area (TPSA) is 64.1 Å².